The SMILES string of the molecule is O=c1[nH]c(N/N=C\c2cc(Cl)c(O)c(Cl)c2)nc2c1CN(Cc1ccccc1)CC2. The van der Waals surface area contributed by atoms with Crippen molar-refractivity contribution in [1.29, 1.82) is 0 Å². The van der Waals surface area contributed by atoms with Crippen LogP contribution in [0, 0.1) is 0 Å². The third kappa shape index (κ3) is 4.64. The molecule has 154 valence electrons. The van der Waals surface area contributed by atoms with E-state index in [0.717, 1.165) is 18.8 Å². The lowest BCUT2D eigenvalue weighted by Crippen LogP contribution is -2.35. The number of hydrogen-bond acceptors (Lipinski definition) is 6. The molecule has 0 spiro atoms. The normalized spacial score (nSPS) is 14.1. The molecule has 0 unspecified atom stereocenters. The number of hydrogen-bond donors (Lipinski definition) is 3. The van der Waals surface area contributed by atoms with Crippen molar-refractivity contribution in [3.8, 4) is 5.75 Å². The van der Waals surface area contributed by atoms with Crippen LogP contribution in [-0.2, 0) is 19.5 Å². The van der Waals surface area contributed by atoms with E-state index < -0.39 is 0 Å². The van der Waals surface area contributed by atoms with E-state index in [1.54, 1.807) is 0 Å². The molecule has 4 rings (SSSR count). The van der Waals surface area contributed by atoms with Gasteiger partial charge in [-0.15, -0.1) is 0 Å². The van der Waals surface area contributed by atoms with Crippen molar-refractivity contribution in [2.24, 2.45) is 5.10 Å². The van der Waals surface area contributed by atoms with Gasteiger partial charge in [0.1, 0.15) is 0 Å². The third-order valence-corrected chi connectivity index (χ3v) is 5.40. The minimum Gasteiger partial charge on any atom is -0.505 e. The minimum atomic E-state index is -0.176. The topological polar surface area (TPSA) is 93.6 Å². The van der Waals surface area contributed by atoms with Gasteiger partial charge in [-0.3, -0.25) is 14.7 Å². The highest BCUT2D eigenvalue weighted by atomic mass is 35.5. The maximum absolute atomic E-state index is 12.6. The largest absolute Gasteiger partial charge is 0.505 e. The first-order valence-corrected chi connectivity index (χ1v) is 10.1. The first-order valence-electron chi connectivity index (χ1n) is 9.35. The van der Waals surface area contributed by atoms with Gasteiger partial charge in [0.15, 0.2) is 5.75 Å². The fourth-order valence-electron chi connectivity index (χ4n) is 3.34. The quantitative estimate of drug-likeness (QED) is 0.411. The van der Waals surface area contributed by atoms with Gasteiger partial charge < -0.3 is 5.11 Å². The molecule has 30 heavy (non-hydrogen) atoms. The van der Waals surface area contributed by atoms with Gasteiger partial charge in [-0.25, -0.2) is 10.4 Å². The van der Waals surface area contributed by atoms with Crippen molar-refractivity contribution < 1.29 is 5.11 Å². The van der Waals surface area contributed by atoms with Crippen LogP contribution >= 0.6 is 23.2 Å². The summed E-state index contributed by atoms with van der Waals surface area (Å²) in [5, 5.41) is 13.9. The van der Waals surface area contributed by atoms with E-state index in [0.29, 0.717) is 24.1 Å². The molecule has 0 saturated carbocycles. The molecule has 3 N–H and O–H groups in total. The van der Waals surface area contributed by atoms with Crippen molar-refractivity contribution in [1.82, 2.24) is 14.9 Å². The van der Waals surface area contributed by atoms with Crippen LogP contribution in [0.25, 0.3) is 0 Å². The van der Waals surface area contributed by atoms with Gasteiger partial charge in [-0.1, -0.05) is 53.5 Å². The Kier molecular flexibility index (Phi) is 6.03. The molecule has 3 aromatic rings. The Balaban J connectivity index is 1.45. The summed E-state index contributed by atoms with van der Waals surface area (Å²) in [6.07, 6.45) is 2.16. The average Bonchev–Trinajstić information content (AvgIpc) is 2.73. The van der Waals surface area contributed by atoms with E-state index in [1.165, 1.54) is 23.9 Å². The smallest absolute Gasteiger partial charge is 0.257 e. The molecule has 0 saturated heterocycles. The monoisotopic (exact) mass is 443 g/mol. The van der Waals surface area contributed by atoms with Crippen molar-refractivity contribution in [3.05, 3.63) is 85.2 Å². The van der Waals surface area contributed by atoms with E-state index >= 15 is 0 Å². The Morgan fingerprint density at radius 1 is 1.23 bits per heavy atom. The fourth-order valence-corrected chi connectivity index (χ4v) is 3.84. The molecule has 1 aliphatic heterocycles. The standard InChI is InChI=1S/C21H19Cl2N5O2/c22-16-8-14(9-17(23)19(16)29)10-24-27-21-25-18-6-7-28(12-15(18)20(30)26-21)11-13-4-2-1-3-5-13/h1-5,8-10,29H,6-7,11-12H2,(H2,25,26,27,30)/b24-10-. The number of phenolic OH excluding ortho intramolecular Hbond substituents is 1. The number of benzene rings is 2. The molecule has 7 nitrogen and oxygen atoms in total. The molecule has 1 aliphatic rings. The Morgan fingerprint density at radius 2 is 1.97 bits per heavy atom. The van der Waals surface area contributed by atoms with E-state index in [9.17, 15) is 9.90 Å². The second kappa shape index (κ2) is 8.87. The second-order valence-corrected chi connectivity index (χ2v) is 7.80. The van der Waals surface area contributed by atoms with E-state index in [4.69, 9.17) is 23.2 Å². The highest BCUT2D eigenvalue weighted by molar-refractivity contribution is 6.37. The summed E-state index contributed by atoms with van der Waals surface area (Å²) in [4.78, 5) is 22.0. The number of H-pyrrole nitrogens is 1. The molecule has 2 aromatic carbocycles. The molecule has 0 amide bonds. The predicted molar refractivity (Wildman–Crippen MR) is 118 cm³/mol. The van der Waals surface area contributed by atoms with Gasteiger partial charge in [0.05, 0.1) is 27.5 Å². The molecule has 0 atom stereocenters. The van der Waals surface area contributed by atoms with Crippen LogP contribution in [0.15, 0.2) is 52.4 Å². The lowest BCUT2D eigenvalue weighted by molar-refractivity contribution is 0.242. The molecule has 0 aliphatic carbocycles. The van der Waals surface area contributed by atoms with Crippen LogP contribution in [-0.4, -0.2) is 32.7 Å². The summed E-state index contributed by atoms with van der Waals surface area (Å²) in [6.45, 7) is 2.17. The highest BCUT2D eigenvalue weighted by Crippen LogP contribution is 2.32. The maximum atomic E-state index is 12.6. The predicted octanol–water partition coefficient (Wildman–Crippen LogP) is 3.79. The number of fused-ring (bicyclic) bond motifs is 1. The zero-order valence-corrected chi connectivity index (χ0v) is 17.4. The minimum absolute atomic E-state index is 0.129. The number of aromatic amines is 1. The number of rotatable bonds is 5. The van der Waals surface area contributed by atoms with Crippen molar-refractivity contribution >= 4 is 35.4 Å². The molecular weight excluding hydrogens is 425 g/mol. The van der Waals surface area contributed by atoms with Crippen LogP contribution in [0.2, 0.25) is 10.0 Å². The van der Waals surface area contributed by atoms with Gasteiger partial charge in [0.25, 0.3) is 5.56 Å². The van der Waals surface area contributed by atoms with Crippen molar-refractivity contribution in [2.45, 2.75) is 19.5 Å². The van der Waals surface area contributed by atoms with E-state index in [1.807, 2.05) is 18.2 Å². The Bertz CT molecular complexity index is 1120. The number of anilines is 1. The van der Waals surface area contributed by atoms with Crippen LogP contribution in [0.1, 0.15) is 22.4 Å². The summed E-state index contributed by atoms with van der Waals surface area (Å²) in [5.74, 6) is 0.0907. The number of halogens is 2. The third-order valence-electron chi connectivity index (χ3n) is 4.82. The first-order chi connectivity index (χ1) is 14.5. The second-order valence-electron chi connectivity index (χ2n) is 6.99. The number of hydrazone groups is 1. The summed E-state index contributed by atoms with van der Waals surface area (Å²) in [6, 6.07) is 13.2. The molecule has 0 fully saturated rings. The molecular formula is C21H19Cl2N5O2. The zero-order chi connectivity index (χ0) is 21.1. The van der Waals surface area contributed by atoms with Crippen LogP contribution in [0.5, 0.6) is 5.75 Å². The van der Waals surface area contributed by atoms with Gasteiger partial charge in [0, 0.05) is 26.1 Å². The number of phenols is 1. The summed E-state index contributed by atoms with van der Waals surface area (Å²) >= 11 is 11.8. The van der Waals surface area contributed by atoms with Gasteiger partial charge in [0.2, 0.25) is 5.95 Å². The molecule has 9 heteroatoms. The molecule has 0 bridgehead atoms. The summed E-state index contributed by atoms with van der Waals surface area (Å²) in [5.41, 5.74) is 5.82. The number of aromatic nitrogens is 2. The van der Waals surface area contributed by atoms with Gasteiger partial charge >= 0.3 is 0 Å². The Hall–Kier alpha value is -2.87. The lowest BCUT2D eigenvalue weighted by atomic mass is 10.1. The number of nitrogens with one attached hydrogen (secondary N) is 2. The first kappa shape index (κ1) is 20.4. The van der Waals surface area contributed by atoms with E-state index in [-0.39, 0.29) is 27.3 Å². The van der Waals surface area contributed by atoms with Crippen LogP contribution in [0.4, 0.5) is 5.95 Å². The Morgan fingerprint density at radius 3 is 2.70 bits per heavy atom. The molecule has 0 radical (unpaired) electrons. The molecule has 2 heterocycles. The van der Waals surface area contributed by atoms with Crippen molar-refractivity contribution in [3.63, 3.8) is 0 Å². The number of aromatic hydroxyl groups is 1. The van der Waals surface area contributed by atoms with Gasteiger partial charge in [-0.2, -0.15) is 5.10 Å². The summed E-state index contributed by atoms with van der Waals surface area (Å²) in [7, 11) is 0. The average molecular weight is 444 g/mol. The number of nitrogens with zero attached hydrogens (tertiary/aromatic N) is 3. The summed E-state index contributed by atoms with van der Waals surface area (Å²) < 4.78 is 0. The highest BCUT2D eigenvalue weighted by Gasteiger charge is 2.21. The van der Waals surface area contributed by atoms with E-state index in [2.05, 4.69) is 37.5 Å². The van der Waals surface area contributed by atoms with Gasteiger partial charge in [-0.05, 0) is 23.3 Å². The van der Waals surface area contributed by atoms with Crippen LogP contribution < -0.4 is 11.0 Å². The zero-order valence-electron chi connectivity index (χ0n) is 15.9. The Labute approximate surface area is 183 Å². The van der Waals surface area contributed by atoms with Crippen LogP contribution in [0.3, 0.4) is 0 Å². The molecule has 1 aromatic heterocycles. The fraction of sp³-hybridized carbons (Fsp3) is 0.190. The maximum Gasteiger partial charge on any atom is 0.257 e. The van der Waals surface area contributed by atoms with Crippen molar-refractivity contribution in [2.75, 3.05) is 12.0 Å². The lowest BCUT2D eigenvalue weighted by Gasteiger charge is -2.27.